The van der Waals surface area contributed by atoms with Crippen LogP contribution < -0.4 is 14.4 Å². The monoisotopic (exact) mass is 440 g/mol. The molecule has 3 aromatic rings. The first-order valence-corrected chi connectivity index (χ1v) is 10.5. The summed E-state index contributed by atoms with van der Waals surface area (Å²) in [7, 11) is 1.75. The summed E-state index contributed by atoms with van der Waals surface area (Å²) in [5, 5.41) is 1.90. The Morgan fingerprint density at radius 2 is 1.81 bits per heavy atom. The largest absolute Gasteiger partial charge is 0.494 e. The Hall–Kier alpha value is -3.22. The van der Waals surface area contributed by atoms with Gasteiger partial charge in [0.1, 0.15) is 17.2 Å². The molecule has 0 saturated carbocycles. The van der Waals surface area contributed by atoms with Crippen LogP contribution in [0.25, 0.3) is 10.8 Å². The molecule has 3 aromatic carbocycles. The van der Waals surface area contributed by atoms with Gasteiger partial charge >= 0.3 is 6.18 Å². The normalized spacial score (nSPS) is 20.9. The molecule has 1 unspecified atom stereocenters. The molecule has 0 bridgehead atoms. The summed E-state index contributed by atoms with van der Waals surface area (Å²) in [6.07, 6.45) is -2.70. The summed E-state index contributed by atoms with van der Waals surface area (Å²) in [5.41, 5.74) is -0.437. The maximum absolute atomic E-state index is 13.4. The van der Waals surface area contributed by atoms with Gasteiger partial charge in [0.15, 0.2) is 0 Å². The van der Waals surface area contributed by atoms with Crippen LogP contribution in [0.1, 0.15) is 31.9 Å². The van der Waals surface area contributed by atoms with Gasteiger partial charge in [0.05, 0.1) is 23.8 Å². The quantitative estimate of drug-likeness (QED) is 0.458. The summed E-state index contributed by atoms with van der Waals surface area (Å²) < 4.78 is 52.3. The van der Waals surface area contributed by atoms with Gasteiger partial charge in [-0.25, -0.2) is 0 Å². The zero-order valence-corrected chi connectivity index (χ0v) is 18.2. The summed E-state index contributed by atoms with van der Waals surface area (Å²) in [4.78, 5) is 6.54. The second-order valence-electron chi connectivity index (χ2n) is 8.70. The zero-order valence-electron chi connectivity index (χ0n) is 18.2. The van der Waals surface area contributed by atoms with Gasteiger partial charge in [-0.05, 0) is 62.1 Å². The fourth-order valence-electron chi connectivity index (χ4n) is 4.83. The number of hydrogen-bond donors (Lipinski definition) is 0. The van der Waals surface area contributed by atoms with Crippen molar-refractivity contribution < 1.29 is 22.6 Å². The maximum Gasteiger partial charge on any atom is 0.416 e. The number of likely N-dealkylation sites (N-methyl/N-ethyl adjacent to an activating group) is 1. The van der Waals surface area contributed by atoms with Crippen LogP contribution in [0.15, 0.2) is 53.5 Å². The molecule has 5 rings (SSSR count). The molecule has 1 atom stereocenters. The van der Waals surface area contributed by atoms with E-state index in [1.54, 1.807) is 24.2 Å². The predicted molar refractivity (Wildman–Crippen MR) is 120 cm³/mol. The van der Waals surface area contributed by atoms with E-state index in [0.717, 1.165) is 28.2 Å². The van der Waals surface area contributed by atoms with Gasteiger partial charge in [-0.1, -0.05) is 18.2 Å². The Balaban J connectivity index is 1.63. The molecule has 2 aliphatic heterocycles. The minimum Gasteiger partial charge on any atom is -0.494 e. The molecule has 0 amide bonds. The number of ether oxygens (including phenoxy) is 2. The number of aliphatic imine (C=N–C) groups is 1. The standard InChI is InChI=1S/C25H23F3N2O2/c1-5-31-17-9-6-15-7-11-21-22(18(15)13-17)29-14-24(32-21)23(2,3)19-10-8-16(25(26,27)28)12-20(19)30(24)4/h6-14H,5H2,1-4H3. The number of rotatable bonds is 2. The third-order valence-corrected chi connectivity index (χ3v) is 6.63. The Morgan fingerprint density at radius 1 is 1.06 bits per heavy atom. The lowest BCUT2D eigenvalue weighted by atomic mass is 9.77. The van der Waals surface area contributed by atoms with Gasteiger partial charge in [0.25, 0.3) is 0 Å². The third kappa shape index (κ3) is 2.73. The van der Waals surface area contributed by atoms with Crippen molar-refractivity contribution in [2.45, 2.75) is 38.1 Å². The highest BCUT2D eigenvalue weighted by molar-refractivity contribution is 6.00. The van der Waals surface area contributed by atoms with Crippen LogP contribution in [0.5, 0.6) is 11.5 Å². The van der Waals surface area contributed by atoms with E-state index < -0.39 is 22.9 Å². The molecule has 2 aliphatic rings. The minimum atomic E-state index is -4.42. The molecule has 4 nitrogen and oxygen atoms in total. The van der Waals surface area contributed by atoms with Crippen LogP contribution in [-0.4, -0.2) is 25.6 Å². The van der Waals surface area contributed by atoms with Crippen molar-refractivity contribution in [1.29, 1.82) is 0 Å². The molecule has 0 saturated heterocycles. The van der Waals surface area contributed by atoms with Crippen molar-refractivity contribution in [2.24, 2.45) is 4.99 Å². The fraction of sp³-hybridized carbons (Fsp3) is 0.320. The van der Waals surface area contributed by atoms with Gasteiger partial charge in [-0.3, -0.25) is 4.99 Å². The van der Waals surface area contributed by atoms with Crippen LogP contribution in [-0.2, 0) is 11.6 Å². The van der Waals surface area contributed by atoms with Gasteiger partial charge < -0.3 is 14.4 Å². The molecule has 0 aliphatic carbocycles. The average Bonchev–Trinajstić information content (AvgIpc) is 2.91. The number of nitrogens with zero attached hydrogens (tertiary/aromatic N) is 2. The van der Waals surface area contributed by atoms with Crippen LogP contribution in [0.2, 0.25) is 0 Å². The number of alkyl halides is 3. The molecule has 0 radical (unpaired) electrons. The second kappa shape index (κ2) is 6.64. The first-order chi connectivity index (χ1) is 15.1. The second-order valence-corrected chi connectivity index (χ2v) is 8.70. The molecule has 0 fully saturated rings. The molecule has 7 heteroatoms. The van der Waals surface area contributed by atoms with Crippen molar-refractivity contribution in [3.05, 3.63) is 59.7 Å². The zero-order chi connectivity index (χ0) is 22.9. The third-order valence-electron chi connectivity index (χ3n) is 6.63. The summed E-state index contributed by atoms with van der Waals surface area (Å²) in [6, 6.07) is 13.5. The summed E-state index contributed by atoms with van der Waals surface area (Å²) in [5.74, 6) is 1.33. The molecule has 2 heterocycles. The first kappa shape index (κ1) is 20.7. The van der Waals surface area contributed by atoms with E-state index in [4.69, 9.17) is 14.5 Å². The minimum absolute atomic E-state index is 0.485. The Bertz CT molecular complexity index is 1270. The Morgan fingerprint density at radius 3 is 2.53 bits per heavy atom. The number of fused-ring (bicyclic) bond motifs is 4. The van der Waals surface area contributed by atoms with E-state index >= 15 is 0 Å². The Labute approximate surface area is 184 Å². The van der Waals surface area contributed by atoms with Crippen LogP contribution in [0, 0.1) is 0 Å². The molecule has 1 spiro atoms. The molecular formula is C25H23F3N2O2. The van der Waals surface area contributed by atoms with Crippen LogP contribution >= 0.6 is 0 Å². The summed E-state index contributed by atoms with van der Waals surface area (Å²) >= 11 is 0. The number of anilines is 1. The molecule has 32 heavy (non-hydrogen) atoms. The van der Waals surface area contributed by atoms with Gasteiger partial charge in [-0.15, -0.1) is 0 Å². The van der Waals surface area contributed by atoms with E-state index in [9.17, 15) is 13.2 Å². The van der Waals surface area contributed by atoms with Gasteiger partial charge in [0.2, 0.25) is 5.72 Å². The SMILES string of the molecule is CCOc1ccc2ccc3c(c2c1)N=CC1(O3)N(C)c2cc(C(F)(F)F)ccc2C1(C)C. The lowest BCUT2D eigenvalue weighted by Crippen LogP contribution is -2.61. The smallest absolute Gasteiger partial charge is 0.416 e. The molecule has 166 valence electrons. The highest BCUT2D eigenvalue weighted by atomic mass is 19.4. The predicted octanol–water partition coefficient (Wildman–Crippen LogP) is 6.48. The van der Waals surface area contributed by atoms with E-state index in [-0.39, 0.29) is 0 Å². The first-order valence-electron chi connectivity index (χ1n) is 10.5. The lowest BCUT2D eigenvalue weighted by Gasteiger charge is -2.45. The van der Waals surface area contributed by atoms with E-state index in [2.05, 4.69) is 0 Å². The number of hydrogen-bond acceptors (Lipinski definition) is 4. The van der Waals surface area contributed by atoms with Crippen molar-refractivity contribution in [2.75, 3.05) is 18.6 Å². The van der Waals surface area contributed by atoms with Crippen molar-refractivity contribution in [3.63, 3.8) is 0 Å². The molecule has 0 aromatic heterocycles. The number of halogens is 3. The van der Waals surface area contributed by atoms with Gasteiger partial charge in [-0.2, -0.15) is 13.2 Å². The van der Waals surface area contributed by atoms with Crippen LogP contribution in [0.3, 0.4) is 0 Å². The highest BCUT2D eigenvalue weighted by Gasteiger charge is 2.59. The topological polar surface area (TPSA) is 34.1 Å². The van der Waals surface area contributed by atoms with Crippen LogP contribution in [0.4, 0.5) is 24.5 Å². The highest BCUT2D eigenvalue weighted by Crippen LogP contribution is 2.55. The molecular weight excluding hydrogens is 417 g/mol. The van der Waals surface area contributed by atoms with Gasteiger partial charge in [0, 0.05) is 18.1 Å². The lowest BCUT2D eigenvalue weighted by molar-refractivity contribution is -0.137. The number of benzene rings is 3. The molecule has 0 N–H and O–H groups in total. The Kier molecular flexibility index (Phi) is 4.29. The fourth-order valence-corrected chi connectivity index (χ4v) is 4.83. The maximum atomic E-state index is 13.4. The summed E-state index contributed by atoms with van der Waals surface area (Å²) in [6.45, 7) is 6.41. The van der Waals surface area contributed by atoms with E-state index in [0.29, 0.717) is 23.7 Å². The van der Waals surface area contributed by atoms with Crippen molar-refractivity contribution >= 4 is 28.4 Å². The average molecular weight is 440 g/mol. The van der Waals surface area contributed by atoms with Crippen molar-refractivity contribution in [3.8, 4) is 11.5 Å². The van der Waals surface area contributed by atoms with Crippen molar-refractivity contribution in [1.82, 2.24) is 0 Å². The van der Waals surface area contributed by atoms with E-state index in [1.165, 1.54) is 6.07 Å². The van der Waals surface area contributed by atoms with E-state index in [1.807, 2.05) is 51.1 Å².